The van der Waals surface area contributed by atoms with E-state index in [0.29, 0.717) is 22.5 Å². The molecule has 5 rings (SSSR count). The van der Waals surface area contributed by atoms with Crippen molar-refractivity contribution in [3.8, 4) is 11.1 Å². The standard InChI is InChI=1S/C26H28F3N7O2/c1-15-5-6-22(33-23-10-18(20(27)13-31-23)19-12-32-36-9-3-4-21(19)36)34-24(15)25(38)35-14-26(28,29)8-7-17(35)11-30-16(2)37/h5-6,10,12-13,17H,3-4,7-9,11,14H2,1-2H3,(H,30,37)(H,31,33,34). The lowest BCUT2D eigenvalue weighted by Gasteiger charge is -2.39. The summed E-state index contributed by atoms with van der Waals surface area (Å²) in [4.78, 5) is 34.4. The zero-order valence-electron chi connectivity index (χ0n) is 21.1. The molecule has 3 aromatic heterocycles. The van der Waals surface area contributed by atoms with Gasteiger partial charge in [-0.05, 0) is 43.9 Å². The Bertz CT molecular complexity index is 1390. The monoisotopic (exact) mass is 527 g/mol. The van der Waals surface area contributed by atoms with Gasteiger partial charge in [-0.15, -0.1) is 0 Å². The molecule has 0 radical (unpaired) electrons. The van der Waals surface area contributed by atoms with E-state index >= 15 is 0 Å². The molecule has 2 N–H and O–H groups in total. The predicted octanol–water partition coefficient (Wildman–Crippen LogP) is 3.85. The van der Waals surface area contributed by atoms with Crippen LogP contribution in [-0.4, -0.2) is 61.5 Å². The zero-order chi connectivity index (χ0) is 27.0. The number of carbonyl (C=O) groups is 2. The summed E-state index contributed by atoms with van der Waals surface area (Å²) in [5, 5.41) is 9.95. The second-order valence-corrected chi connectivity index (χ2v) is 9.79. The van der Waals surface area contributed by atoms with Gasteiger partial charge in [-0.1, -0.05) is 6.07 Å². The van der Waals surface area contributed by atoms with Crippen LogP contribution in [0.15, 0.2) is 30.6 Å². The average molecular weight is 528 g/mol. The Kier molecular flexibility index (Phi) is 6.80. The van der Waals surface area contributed by atoms with Gasteiger partial charge < -0.3 is 15.5 Å². The van der Waals surface area contributed by atoms with Crippen LogP contribution in [0.4, 0.5) is 24.8 Å². The Morgan fingerprint density at radius 3 is 2.79 bits per heavy atom. The van der Waals surface area contributed by atoms with Crippen molar-refractivity contribution in [1.29, 1.82) is 0 Å². The van der Waals surface area contributed by atoms with Crippen molar-refractivity contribution < 1.29 is 22.8 Å². The van der Waals surface area contributed by atoms with Crippen molar-refractivity contribution in [2.45, 2.75) is 58.0 Å². The lowest BCUT2D eigenvalue weighted by Crippen LogP contribution is -2.55. The summed E-state index contributed by atoms with van der Waals surface area (Å²) in [5.74, 6) is -3.91. The Balaban J connectivity index is 1.40. The van der Waals surface area contributed by atoms with Gasteiger partial charge in [0.1, 0.15) is 23.1 Å². The molecule has 9 nitrogen and oxygen atoms in total. The Morgan fingerprint density at radius 2 is 2.00 bits per heavy atom. The smallest absolute Gasteiger partial charge is 0.273 e. The fourth-order valence-electron chi connectivity index (χ4n) is 4.99. The van der Waals surface area contributed by atoms with Crippen molar-refractivity contribution in [3.63, 3.8) is 0 Å². The topological polar surface area (TPSA) is 105 Å². The van der Waals surface area contributed by atoms with Crippen molar-refractivity contribution in [2.24, 2.45) is 0 Å². The summed E-state index contributed by atoms with van der Waals surface area (Å²) in [6, 6.07) is 4.27. The molecule has 12 heteroatoms. The quantitative estimate of drug-likeness (QED) is 0.505. The van der Waals surface area contributed by atoms with E-state index in [1.807, 2.05) is 4.68 Å². The Morgan fingerprint density at radius 1 is 1.18 bits per heavy atom. The summed E-state index contributed by atoms with van der Waals surface area (Å²) in [7, 11) is 0. The SMILES string of the molecule is CC(=O)NCC1CCC(F)(F)CN1C(=O)c1nc(Nc2cc(-c3cnn4c3CCC4)c(F)cn2)ccc1C. The summed E-state index contributed by atoms with van der Waals surface area (Å²) in [6.45, 7) is 3.12. The summed E-state index contributed by atoms with van der Waals surface area (Å²) >= 11 is 0. The molecule has 2 aliphatic rings. The van der Waals surface area contributed by atoms with Crippen molar-refractivity contribution in [1.82, 2.24) is 30.0 Å². The number of nitrogens with zero attached hydrogens (tertiary/aromatic N) is 5. The zero-order valence-corrected chi connectivity index (χ0v) is 21.1. The number of alkyl halides is 2. The first kappa shape index (κ1) is 25.7. The van der Waals surface area contributed by atoms with Crippen molar-refractivity contribution in [2.75, 3.05) is 18.4 Å². The van der Waals surface area contributed by atoms with E-state index < -0.39 is 30.2 Å². The molecule has 1 atom stereocenters. The highest BCUT2D eigenvalue weighted by molar-refractivity contribution is 5.94. The molecule has 5 heterocycles. The van der Waals surface area contributed by atoms with Crippen molar-refractivity contribution in [3.05, 3.63) is 53.4 Å². The van der Waals surface area contributed by atoms with E-state index in [1.165, 1.54) is 6.92 Å². The fraction of sp³-hybridized carbons (Fsp3) is 0.423. The number of hydrogen-bond donors (Lipinski definition) is 2. The van der Waals surface area contributed by atoms with Gasteiger partial charge in [0.2, 0.25) is 5.91 Å². The number of rotatable bonds is 6. The van der Waals surface area contributed by atoms with Crippen LogP contribution in [0.2, 0.25) is 0 Å². The van der Waals surface area contributed by atoms with E-state index in [9.17, 15) is 22.8 Å². The molecule has 2 aliphatic heterocycles. The maximum atomic E-state index is 14.7. The fourth-order valence-corrected chi connectivity index (χ4v) is 4.99. The number of nitrogens with one attached hydrogen (secondary N) is 2. The van der Waals surface area contributed by atoms with E-state index in [4.69, 9.17) is 0 Å². The van der Waals surface area contributed by atoms with E-state index in [0.717, 1.165) is 36.2 Å². The minimum atomic E-state index is -3.03. The number of aromatic nitrogens is 4. The van der Waals surface area contributed by atoms with E-state index in [1.54, 1.807) is 31.3 Å². The van der Waals surface area contributed by atoms with Crippen LogP contribution in [0.25, 0.3) is 11.1 Å². The predicted molar refractivity (Wildman–Crippen MR) is 134 cm³/mol. The molecule has 3 aromatic rings. The van der Waals surface area contributed by atoms with Crippen LogP contribution in [0.3, 0.4) is 0 Å². The highest BCUT2D eigenvalue weighted by atomic mass is 19.3. The molecule has 2 amide bonds. The molecular weight excluding hydrogens is 499 g/mol. The third-order valence-corrected chi connectivity index (χ3v) is 6.97. The van der Waals surface area contributed by atoms with E-state index in [2.05, 4.69) is 25.7 Å². The number of likely N-dealkylation sites (tertiary alicyclic amines) is 1. The Labute approximate surface area is 217 Å². The van der Waals surface area contributed by atoms with Gasteiger partial charge in [-0.25, -0.2) is 23.1 Å². The number of hydrogen-bond acceptors (Lipinski definition) is 6. The van der Waals surface area contributed by atoms with Gasteiger partial charge in [0.05, 0.1) is 18.9 Å². The third kappa shape index (κ3) is 5.20. The minimum Gasteiger partial charge on any atom is -0.354 e. The van der Waals surface area contributed by atoms with Crippen molar-refractivity contribution >= 4 is 23.5 Å². The average Bonchev–Trinajstić information content (AvgIpc) is 3.49. The Hall–Kier alpha value is -3.96. The lowest BCUT2D eigenvalue weighted by atomic mass is 9.98. The second-order valence-electron chi connectivity index (χ2n) is 9.79. The molecule has 0 aliphatic carbocycles. The van der Waals surface area contributed by atoms with Gasteiger partial charge >= 0.3 is 0 Å². The van der Waals surface area contributed by atoms with Gasteiger partial charge in [-0.2, -0.15) is 5.10 Å². The summed E-state index contributed by atoms with van der Waals surface area (Å²) < 4.78 is 45.1. The van der Waals surface area contributed by atoms with Crippen LogP contribution >= 0.6 is 0 Å². The van der Waals surface area contributed by atoms with Crippen LogP contribution in [0.5, 0.6) is 0 Å². The highest BCUT2D eigenvalue weighted by Crippen LogP contribution is 2.33. The number of carbonyl (C=O) groups excluding carboxylic acids is 2. The molecule has 0 saturated carbocycles. The van der Waals surface area contributed by atoms with Crippen LogP contribution < -0.4 is 10.6 Å². The van der Waals surface area contributed by atoms with Crippen LogP contribution in [-0.2, 0) is 17.8 Å². The first-order valence-corrected chi connectivity index (χ1v) is 12.5. The second kappa shape index (κ2) is 10.1. The molecule has 0 spiro atoms. The molecule has 38 heavy (non-hydrogen) atoms. The van der Waals surface area contributed by atoms with Gasteiger partial charge in [-0.3, -0.25) is 14.3 Å². The number of fused-ring (bicyclic) bond motifs is 1. The van der Waals surface area contributed by atoms with Gasteiger partial charge in [0.15, 0.2) is 0 Å². The number of aryl methyl sites for hydroxylation is 2. The van der Waals surface area contributed by atoms with Crippen LogP contribution in [0.1, 0.15) is 47.9 Å². The maximum absolute atomic E-state index is 14.7. The number of amides is 2. The first-order chi connectivity index (χ1) is 18.1. The molecule has 200 valence electrons. The molecule has 1 saturated heterocycles. The third-order valence-electron chi connectivity index (χ3n) is 6.97. The number of piperidine rings is 1. The van der Waals surface area contributed by atoms with Gasteiger partial charge in [0, 0.05) is 49.3 Å². The molecular formula is C26H28F3N7O2. The molecule has 1 fully saturated rings. The van der Waals surface area contributed by atoms with Gasteiger partial charge in [0.25, 0.3) is 11.8 Å². The molecule has 0 aromatic carbocycles. The van der Waals surface area contributed by atoms with E-state index in [-0.39, 0.29) is 36.8 Å². The minimum absolute atomic E-state index is 0.0114. The molecule has 1 unspecified atom stereocenters. The highest BCUT2D eigenvalue weighted by Gasteiger charge is 2.42. The number of anilines is 2. The number of halogens is 3. The first-order valence-electron chi connectivity index (χ1n) is 12.5. The summed E-state index contributed by atoms with van der Waals surface area (Å²) in [5.41, 5.74) is 2.54. The normalized spacial score (nSPS) is 18.2. The van der Waals surface area contributed by atoms with Crippen LogP contribution in [0, 0.1) is 12.7 Å². The largest absolute Gasteiger partial charge is 0.354 e. The maximum Gasteiger partial charge on any atom is 0.273 e. The number of pyridine rings is 2. The molecule has 0 bridgehead atoms. The summed E-state index contributed by atoms with van der Waals surface area (Å²) in [6.07, 6.45) is 4.20. The lowest BCUT2D eigenvalue weighted by molar-refractivity contribution is -0.119.